The van der Waals surface area contributed by atoms with Crippen molar-refractivity contribution in [1.29, 1.82) is 0 Å². The number of hydrogen-bond donors (Lipinski definition) is 2. The van der Waals surface area contributed by atoms with Gasteiger partial charge in [-0.3, -0.25) is 0 Å². The lowest BCUT2D eigenvalue weighted by Crippen LogP contribution is -2.41. The van der Waals surface area contributed by atoms with Gasteiger partial charge in [0.05, 0.1) is 7.11 Å². The second kappa shape index (κ2) is 5.47. The van der Waals surface area contributed by atoms with Crippen LogP contribution in [0.1, 0.15) is 18.4 Å². The minimum Gasteiger partial charge on any atom is -0.494 e. The van der Waals surface area contributed by atoms with Gasteiger partial charge < -0.3 is 15.8 Å². The molecule has 3 N–H and O–H groups in total. The van der Waals surface area contributed by atoms with Crippen molar-refractivity contribution < 1.29 is 9.13 Å². The van der Waals surface area contributed by atoms with Crippen LogP contribution >= 0.6 is 0 Å². The van der Waals surface area contributed by atoms with Crippen LogP contribution in [0.15, 0.2) is 18.2 Å². The number of nitrogens with two attached hydrogens (primary N) is 1. The summed E-state index contributed by atoms with van der Waals surface area (Å²) in [6.07, 6.45) is 2.20. The fraction of sp³-hybridized carbons (Fsp3) is 0.538. The SMILES string of the molecule is COc1ccc(CNCC2CC(N)C2)cc1F. The van der Waals surface area contributed by atoms with Gasteiger partial charge in [0.1, 0.15) is 0 Å². The molecule has 0 aliphatic heterocycles. The molecule has 0 spiro atoms. The fourth-order valence-electron chi connectivity index (χ4n) is 2.19. The first kappa shape index (κ1) is 12.3. The van der Waals surface area contributed by atoms with Gasteiger partial charge in [0.2, 0.25) is 0 Å². The molecule has 0 aromatic heterocycles. The Balaban J connectivity index is 1.77. The van der Waals surface area contributed by atoms with Crippen LogP contribution in [0, 0.1) is 11.7 Å². The Morgan fingerprint density at radius 2 is 2.24 bits per heavy atom. The van der Waals surface area contributed by atoms with E-state index in [1.54, 1.807) is 6.07 Å². The number of methoxy groups -OCH3 is 1. The molecule has 17 heavy (non-hydrogen) atoms. The van der Waals surface area contributed by atoms with Gasteiger partial charge >= 0.3 is 0 Å². The van der Waals surface area contributed by atoms with Gasteiger partial charge in [-0.2, -0.15) is 0 Å². The van der Waals surface area contributed by atoms with E-state index in [-0.39, 0.29) is 5.82 Å². The topological polar surface area (TPSA) is 47.3 Å². The first-order valence-electron chi connectivity index (χ1n) is 5.97. The first-order chi connectivity index (χ1) is 8.19. The molecule has 4 heteroatoms. The molecule has 0 bridgehead atoms. The molecule has 2 rings (SSSR count). The summed E-state index contributed by atoms with van der Waals surface area (Å²) in [5, 5.41) is 3.33. The average molecular weight is 238 g/mol. The Kier molecular flexibility index (Phi) is 3.97. The molecule has 0 amide bonds. The maximum atomic E-state index is 13.4. The molecule has 0 heterocycles. The lowest BCUT2D eigenvalue weighted by Gasteiger charge is -2.32. The van der Waals surface area contributed by atoms with E-state index in [9.17, 15) is 4.39 Å². The van der Waals surface area contributed by atoms with Crippen molar-refractivity contribution in [1.82, 2.24) is 5.32 Å². The number of hydrogen-bond acceptors (Lipinski definition) is 3. The molecule has 0 atom stereocenters. The highest BCUT2D eigenvalue weighted by Gasteiger charge is 2.24. The average Bonchev–Trinajstić information content (AvgIpc) is 2.27. The Morgan fingerprint density at radius 3 is 2.82 bits per heavy atom. The van der Waals surface area contributed by atoms with Crippen molar-refractivity contribution in [2.24, 2.45) is 11.7 Å². The number of rotatable bonds is 5. The Labute approximate surface area is 101 Å². The molecule has 0 saturated heterocycles. The minimum absolute atomic E-state index is 0.290. The van der Waals surface area contributed by atoms with E-state index in [0.717, 1.165) is 24.9 Å². The molecular formula is C13H19FN2O. The zero-order valence-electron chi connectivity index (χ0n) is 10.1. The van der Waals surface area contributed by atoms with Crippen molar-refractivity contribution >= 4 is 0 Å². The standard InChI is InChI=1S/C13H19FN2O/c1-17-13-3-2-9(6-12(13)14)7-16-8-10-4-11(15)5-10/h2-3,6,10-11,16H,4-5,7-8,15H2,1H3. The van der Waals surface area contributed by atoms with Gasteiger partial charge in [-0.25, -0.2) is 4.39 Å². The Bertz CT molecular complexity index is 378. The van der Waals surface area contributed by atoms with E-state index in [2.05, 4.69) is 5.32 Å². The fourth-order valence-corrected chi connectivity index (χ4v) is 2.19. The zero-order chi connectivity index (χ0) is 12.3. The second-order valence-electron chi connectivity index (χ2n) is 4.70. The summed E-state index contributed by atoms with van der Waals surface area (Å²) in [5.74, 6) is 0.671. The molecule has 1 aromatic rings. The summed E-state index contributed by atoms with van der Waals surface area (Å²) in [6.45, 7) is 1.65. The van der Waals surface area contributed by atoms with Gasteiger partial charge in [-0.1, -0.05) is 6.07 Å². The summed E-state index contributed by atoms with van der Waals surface area (Å²) < 4.78 is 18.3. The molecule has 0 unspecified atom stereocenters. The smallest absolute Gasteiger partial charge is 0.165 e. The van der Waals surface area contributed by atoms with Crippen molar-refractivity contribution in [3.8, 4) is 5.75 Å². The van der Waals surface area contributed by atoms with Crippen LogP contribution in [0.4, 0.5) is 4.39 Å². The molecule has 1 aliphatic carbocycles. The van der Waals surface area contributed by atoms with E-state index >= 15 is 0 Å². The lowest BCUT2D eigenvalue weighted by atomic mass is 9.81. The van der Waals surface area contributed by atoms with E-state index < -0.39 is 0 Å². The van der Waals surface area contributed by atoms with Crippen LogP contribution in [-0.4, -0.2) is 19.7 Å². The quantitative estimate of drug-likeness (QED) is 0.820. The van der Waals surface area contributed by atoms with Crippen molar-refractivity contribution in [2.75, 3.05) is 13.7 Å². The highest BCUT2D eigenvalue weighted by Crippen LogP contribution is 2.24. The molecule has 1 aromatic carbocycles. The minimum atomic E-state index is -0.308. The maximum absolute atomic E-state index is 13.4. The summed E-state index contributed by atoms with van der Waals surface area (Å²) in [6, 6.07) is 5.44. The van der Waals surface area contributed by atoms with Gasteiger partial charge in [0.15, 0.2) is 11.6 Å². The van der Waals surface area contributed by atoms with E-state index in [1.165, 1.54) is 13.2 Å². The number of halogens is 1. The maximum Gasteiger partial charge on any atom is 0.165 e. The third-order valence-electron chi connectivity index (χ3n) is 3.25. The van der Waals surface area contributed by atoms with Crippen LogP contribution in [0.5, 0.6) is 5.75 Å². The van der Waals surface area contributed by atoms with Gasteiger partial charge in [0.25, 0.3) is 0 Å². The van der Waals surface area contributed by atoms with Gasteiger partial charge in [-0.05, 0) is 43.0 Å². The molecule has 0 radical (unpaired) electrons. The molecule has 94 valence electrons. The van der Waals surface area contributed by atoms with Crippen molar-refractivity contribution in [2.45, 2.75) is 25.4 Å². The highest BCUT2D eigenvalue weighted by molar-refractivity contribution is 5.29. The van der Waals surface area contributed by atoms with Crippen molar-refractivity contribution in [3.63, 3.8) is 0 Å². The monoisotopic (exact) mass is 238 g/mol. The van der Waals surface area contributed by atoms with E-state index in [0.29, 0.717) is 24.3 Å². The van der Waals surface area contributed by atoms with Crippen LogP contribution in [0.25, 0.3) is 0 Å². The first-order valence-corrected chi connectivity index (χ1v) is 5.97. The van der Waals surface area contributed by atoms with E-state index in [1.807, 2.05) is 6.07 Å². The molecular weight excluding hydrogens is 219 g/mol. The highest BCUT2D eigenvalue weighted by atomic mass is 19.1. The van der Waals surface area contributed by atoms with Crippen molar-refractivity contribution in [3.05, 3.63) is 29.6 Å². The number of ether oxygens (including phenoxy) is 1. The van der Waals surface area contributed by atoms with Crippen LogP contribution in [0.3, 0.4) is 0 Å². The predicted octanol–water partition coefficient (Wildman–Crippen LogP) is 1.66. The summed E-state index contributed by atoms with van der Waals surface area (Å²) in [5.41, 5.74) is 6.65. The molecule has 1 fully saturated rings. The summed E-state index contributed by atoms with van der Waals surface area (Å²) in [4.78, 5) is 0. The zero-order valence-corrected chi connectivity index (χ0v) is 10.1. The second-order valence-corrected chi connectivity index (χ2v) is 4.70. The van der Waals surface area contributed by atoms with Crippen LogP contribution < -0.4 is 15.8 Å². The largest absolute Gasteiger partial charge is 0.494 e. The van der Waals surface area contributed by atoms with Crippen LogP contribution in [-0.2, 0) is 6.54 Å². The summed E-state index contributed by atoms with van der Waals surface area (Å²) in [7, 11) is 1.47. The number of nitrogens with one attached hydrogen (secondary N) is 1. The van der Waals surface area contributed by atoms with Crippen LogP contribution in [0.2, 0.25) is 0 Å². The third kappa shape index (κ3) is 3.17. The van der Waals surface area contributed by atoms with Gasteiger partial charge in [0, 0.05) is 12.6 Å². The van der Waals surface area contributed by atoms with E-state index in [4.69, 9.17) is 10.5 Å². The molecule has 1 aliphatic rings. The normalized spacial score (nSPS) is 23.2. The molecule has 1 saturated carbocycles. The number of benzene rings is 1. The molecule has 3 nitrogen and oxygen atoms in total. The van der Waals surface area contributed by atoms with Gasteiger partial charge in [-0.15, -0.1) is 0 Å². The third-order valence-corrected chi connectivity index (χ3v) is 3.25. The predicted molar refractivity (Wildman–Crippen MR) is 65.4 cm³/mol. The Hall–Kier alpha value is -1.13. The lowest BCUT2D eigenvalue weighted by molar-refractivity contribution is 0.256. The Morgan fingerprint density at radius 1 is 1.47 bits per heavy atom. The summed E-state index contributed by atoms with van der Waals surface area (Å²) >= 11 is 0.